The van der Waals surface area contributed by atoms with Crippen LogP contribution in [0.5, 0.6) is 0 Å². The number of nitrogens with two attached hydrogens (primary N) is 1. The largest absolute Gasteiger partial charge is 0.449 e. The van der Waals surface area contributed by atoms with Gasteiger partial charge in [0.1, 0.15) is 6.61 Å². The highest BCUT2D eigenvalue weighted by atomic mass is 16.6. The third kappa shape index (κ3) is 9.35. The second-order valence-corrected chi connectivity index (χ2v) is 8.99. The highest BCUT2D eigenvalue weighted by Crippen LogP contribution is 2.23. The molecule has 0 spiro atoms. The fourth-order valence-electron chi connectivity index (χ4n) is 4.32. The van der Waals surface area contributed by atoms with Crippen LogP contribution in [0.2, 0.25) is 0 Å². The molecule has 0 radical (unpaired) electrons. The van der Waals surface area contributed by atoms with Crippen LogP contribution in [0, 0.1) is 0 Å². The summed E-state index contributed by atoms with van der Waals surface area (Å²) < 4.78 is 17.0. The third-order valence-corrected chi connectivity index (χ3v) is 6.34. The van der Waals surface area contributed by atoms with Crippen molar-refractivity contribution in [1.82, 2.24) is 15.1 Å². The second kappa shape index (κ2) is 15.9. The number of nitrogens with one attached hydrogen (secondary N) is 1. The lowest BCUT2D eigenvalue weighted by atomic mass is 10.2. The summed E-state index contributed by atoms with van der Waals surface area (Å²) in [5.74, 6) is 0. The summed E-state index contributed by atoms with van der Waals surface area (Å²) in [7, 11) is 0. The topological polar surface area (TPSA) is 106 Å². The van der Waals surface area contributed by atoms with E-state index >= 15 is 0 Å². The van der Waals surface area contributed by atoms with Gasteiger partial charge in [0, 0.05) is 32.2 Å². The maximum absolute atomic E-state index is 13.0. The minimum atomic E-state index is -0.546. The van der Waals surface area contributed by atoms with Crippen LogP contribution in [0.15, 0.2) is 60.7 Å². The van der Waals surface area contributed by atoms with Gasteiger partial charge in [0.05, 0.1) is 13.2 Å². The van der Waals surface area contributed by atoms with Crippen LogP contribution >= 0.6 is 0 Å². The fraction of sp³-hybridized carbons (Fsp3) is 0.500. The molecule has 2 amide bonds. The van der Waals surface area contributed by atoms with Gasteiger partial charge in [-0.1, -0.05) is 60.7 Å². The lowest BCUT2D eigenvalue weighted by molar-refractivity contribution is -0.152. The number of alkyl carbamates (subject to hydrolysis) is 1. The Kier molecular flexibility index (Phi) is 12.2. The molecule has 2 aromatic carbocycles. The molecular weight excluding hydrogens is 472 g/mol. The number of carbonyl (C=O) groups is 2. The molecule has 1 heterocycles. The van der Waals surface area contributed by atoms with Crippen molar-refractivity contribution in [1.29, 1.82) is 0 Å². The van der Waals surface area contributed by atoms with E-state index in [0.29, 0.717) is 39.1 Å². The van der Waals surface area contributed by atoms with Crippen molar-refractivity contribution in [2.75, 3.05) is 32.8 Å². The van der Waals surface area contributed by atoms with Gasteiger partial charge in [-0.25, -0.2) is 9.59 Å². The SMILES string of the molecule is CCN(C(=O)OCCCCNC(=O)OCc1ccccc1)C(OCc1ccccc1)N1CCCC1CN. The van der Waals surface area contributed by atoms with E-state index in [-0.39, 0.29) is 19.3 Å². The van der Waals surface area contributed by atoms with E-state index in [0.717, 1.165) is 30.5 Å². The van der Waals surface area contributed by atoms with E-state index in [1.165, 1.54) is 0 Å². The number of nitrogens with zero attached hydrogens (tertiary/aromatic N) is 2. The number of likely N-dealkylation sites (tertiary alicyclic amines) is 1. The smallest absolute Gasteiger partial charge is 0.412 e. The predicted octanol–water partition coefficient (Wildman–Crippen LogP) is 4.08. The molecule has 1 aliphatic rings. The normalized spacial score (nSPS) is 16.2. The molecule has 1 saturated heterocycles. The molecule has 1 fully saturated rings. The minimum absolute atomic E-state index is 0.162. The van der Waals surface area contributed by atoms with Crippen LogP contribution in [0.1, 0.15) is 43.7 Å². The van der Waals surface area contributed by atoms with Crippen LogP contribution in [0.25, 0.3) is 0 Å². The Balaban J connectivity index is 1.42. The Labute approximate surface area is 219 Å². The van der Waals surface area contributed by atoms with Gasteiger partial charge in [-0.2, -0.15) is 0 Å². The van der Waals surface area contributed by atoms with E-state index in [2.05, 4.69) is 10.2 Å². The first-order valence-corrected chi connectivity index (χ1v) is 13.1. The predicted molar refractivity (Wildman–Crippen MR) is 141 cm³/mol. The number of amides is 2. The zero-order chi connectivity index (χ0) is 26.3. The van der Waals surface area contributed by atoms with Crippen molar-refractivity contribution in [2.24, 2.45) is 5.73 Å². The molecule has 2 aromatic rings. The molecule has 3 rings (SSSR count). The summed E-state index contributed by atoms with van der Waals surface area (Å²) in [5, 5.41) is 2.72. The van der Waals surface area contributed by atoms with E-state index in [9.17, 15) is 9.59 Å². The minimum Gasteiger partial charge on any atom is -0.449 e. The van der Waals surface area contributed by atoms with Gasteiger partial charge >= 0.3 is 12.2 Å². The lowest BCUT2D eigenvalue weighted by Crippen LogP contribution is -2.55. The fourth-order valence-corrected chi connectivity index (χ4v) is 4.32. The number of rotatable bonds is 14. The van der Waals surface area contributed by atoms with Crippen molar-refractivity contribution >= 4 is 12.2 Å². The molecule has 2 atom stereocenters. The average molecular weight is 513 g/mol. The Morgan fingerprint density at radius 2 is 1.70 bits per heavy atom. The maximum Gasteiger partial charge on any atom is 0.412 e. The first-order valence-electron chi connectivity index (χ1n) is 13.1. The summed E-state index contributed by atoms with van der Waals surface area (Å²) in [4.78, 5) is 28.7. The summed E-state index contributed by atoms with van der Waals surface area (Å²) in [6.45, 7) is 5.00. The Hall–Kier alpha value is -3.14. The van der Waals surface area contributed by atoms with Gasteiger partial charge < -0.3 is 25.3 Å². The molecule has 0 saturated carbocycles. The molecule has 0 aliphatic carbocycles. The van der Waals surface area contributed by atoms with Crippen molar-refractivity contribution in [3.63, 3.8) is 0 Å². The van der Waals surface area contributed by atoms with Crippen LogP contribution in [-0.2, 0) is 27.4 Å². The lowest BCUT2D eigenvalue weighted by Gasteiger charge is -2.38. The summed E-state index contributed by atoms with van der Waals surface area (Å²) in [6.07, 6.45) is 1.85. The highest BCUT2D eigenvalue weighted by molar-refractivity contribution is 5.68. The Bertz CT molecular complexity index is 931. The molecule has 2 unspecified atom stereocenters. The first kappa shape index (κ1) is 28.4. The van der Waals surface area contributed by atoms with Gasteiger partial charge in [0.15, 0.2) is 6.35 Å². The van der Waals surface area contributed by atoms with Crippen LogP contribution < -0.4 is 11.1 Å². The van der Waals surface area contributed by atoms with Gasteiger partial charge in [0.25, 0.3) is 0 Å². The number of hydrogen-bond donors (Lipinski definition) is 2. The van der Waals surface area contributed by atoms with E-state index in [4.69, 9.17) is 19.9 Å². The molecule has 3 N–H and O–H groups in total. The number of benzene rings is 2. The molecular formula is C28H40N4O5. The maximum atomic E-state index is 13.0. The zero-order valence-corrected chi connectivity index (χ0v) is 21.7. The van der Waals surface area contributed by atoms with Gasteiger partial charge in [-0.3, -0.25) is 9.80 Å². The van der Waals surface area contributed by atoms with Crippen LogP contribution in [0.4, 0.5) is 9.59 Å². The van der Waals surface area contributed by atoms with Gasteiger partial charge in [-0.05, 0) is 43.7 Å². The van der Waals surface area contributed by atoms with Gasteiger partial charge in [-0.15, -0.1) is 0 Å². The van der Waals surface area contributed by atoms with Crippen molar-refractivity contribution < 1.29 is 23.8 Å². The molecule has 9 heteroatoms. The second-order valence-electron chi connectivity index (χ2n) is 8.99. The first-order chi connectivity index (χ1) is 18.1. The molecule has 0 bridgehead atoms. The van der Waals surface area contributed by atoms with Crippen molar-refractivity contribution in [3.05, 3.63) is 71.8 Å². The Morgan fingerprint density at radius 3 is 2.35 bits per heavy atom. The Morgan fingerprint density at radius 1 is 1.03 bits per heavy atom. The molecule has 0 aromatic heterocycles. The van der Waals surface area contributed by atoms with E-state index in [1.807, 2.05) is 67.6 Å². The summed E-state index contributed by atoms with van der Waals surface area (Å²) in [5.41, 5.74) is 7.98. The quantitative estimate of drug-likeness (QED) is 0.290. The standard InChI is InChI=1S/C28H40N4O5/c1-2-31(27(32-18-11-16-25(32)20-29)37-22-24-14-7-4-8-15-24)28(34)35-19-10-9-17-30-26(33)36-21-23-12-5-3-6-13-23/h3-8,12-15,25,27H,2,9-11,16-22,29H2,1H3,(H,30,33). The zero-order valence-electron chi connectivity index (χ0n) is 21.7. The number of hydrogen-bond acceptors (Lipinski definition) is 7. The highest BCUT2D eigenvalue weighted by Gasteiger charge is 2.36. The van der Waals surface area contributed by atoms with Gasteiger partial charge in [0.2, 0.25) is 0 Å². The molecule has 1 aliphatic heterocycles. The number of unbranched alkanes of at least 4 members (excludes halogenated alkanes) is 1. The van der Waals surface area contributed by atoms with Crippen molar-refractivity contribution in [2.45, 2.75) is 58.2 Å². The monoisotopic (exact) mass is 512 g/mol. The van der Waals surface area contributed by atoms with Crippen LogP contribution in [-0.4, -0.2) is 67.2 Å². The number of ether oxygens (including phenoxy) is 3. The van der Waals surface area contributed by atoms with Crippen LogP contribution in [0.3, 0.4) is 0 Å². The van der Waals surface area contributed by atoms with E-state index in [1.54, 1.807) is 4.90 Å². The summed E-state index contributed by atoms with van der Waals surface area (Å²) >= 11 is 0. The molecule has 37 heavy (non-hydrogen) atoms. The van der Waals surface area contributed by atoms with E-state index < -0.39 is 18.5 Å². The summed E-state index contributed by atoms with van der Waals surface area (Å²) in [6, 6.07) is 19.6. The number of carbonyl (C=O) groups excluding carboxylic acids is 2. The van der Waals surface area contributed by atoms with Crippen molar-refractivity contribution in [3.8, 4) is 0 Å². The molecule has 202 valence electrons. The third-order valence-electron chi connectivity index (χ3n) is 6.34. The molecule has 9 nitrogen and oxygen atoms in total. The average Bonchev–Trinajstić information content (AvgIpc) is 3.41.